The smallest absolute Gasteiger partial charge is 0.354 e. The molecular weight excluding hydrogens is 252 g/mol. The molecule has 0 aromatic carbocycles. The van der Waals surface area contributed by atoms with Crippen molar-refractivity contribution in [2.45, 2.75) is 19.8 Å². The fraction of sp³-hybridized carbons (Fsp3) is 0.333. The van der Waals surface area contributed by atoms with E-state index in [0.29, 0.717) is 5.69 Å². The zero-order valence-electron chi connectivity index (χ0n) is 10.4. The van der Waals surface area contributed by atoms with Crippen molar-refractivity contribution >= 4 is 23.5 Å². The summed E-state index contributed by atoms with van der Waals surface area (Å²) in [5, 5.41) is 11.2. The minimum atomic E-state index is -1.14. The number of anilines is 1. The van der Waals surface area contributed by atoms with E-state index in [1.807, 2.05) is 0 Å². The lowest BCUT2D eigenvalue weighted by Gasteiger charge is -2.05. The molecule has 0 saturated heterocycles. The first-order chi connectivity index (χ1) is 9.02. The van der Waals surface area contributed by atoms with Crippen LogP contribution >= 0.6 is 0 Å². The molecule has 102 valence electrons. The summed E-state index contributed by atoms with van der Waals surface area (Å²) >= 11 is 0. The highest BCUT2D eigenvalue weighted by Gasteiger charge is 2.09. The van der Waals surface area contributed by atoms with E-state index in [4.69, 9.17) is 5.11 Å². The van der Waals surface area contributed by atoms with E-state index >= 15 is 0 Å². The van der Waals surface area contributed by atoms with Crippen molar-refractivity contribution < 1.29 is 24.2 Å². The fourth-order valence-corrected chi connectivity index (χ4v) is 1.27. The Hall–Kier alpha value is -2.44. The standard InChI is InChI=1S/C12H14N2O5/c1-2-19-11(16)6-5-10(15)14-8-3-4-9(12(17)18)13-7-8/h3-4,7H,2,5-6H2,1H3,(H,14,15)(H,17,18). The third-order valence-corrected chi connectivity index (χ3v) is 2.13. The molecule has 0 aliphatic carbocycles. The van der Waals surface area contributed by atoms with Gasteiger partial charge in [0.15, 0.2) is 0 Å². The predicted octanol–water partition coefficient (Wildman–Crippen LogP) is 1.06. The first-order valence-electron chi connectivity index (χ1n) is 5.67. The number of rotatable bonds is 6. The number of amides is 1. The number of nitrogens with zero attached hydrogens (tertiary/aromatic N) is 1. The SMILES string of the molecule is CCOC(=O)CCC(=O)Nc1ccc(C(=O)O)nc1. The average molecular weight is 266 g/mol. The highest BCUT2D eigenvalue weighted by atomic mass is 16.5. The number of hydrogen-bond acceptors (Lipinski definition) is 5. The van der Waals surface area contributed by atoms with E-state index in [-0.39, 0.29) is 31.0 Å². The van der Waals surface area contributed by atoms with Gasteiger partial charge in [0.1, 0.15) is 5.69 Å². The van der Waals surface area contributed by atoms with Crippen molar-refractivity contribution in [3.05, 3.63) is 24.0 Å². The van der Waals surface area contributed by atoms with Crippen molar-refractivity contribution in [2.75, 3.05) is 11.9 Å². The number of esters is 1. The van der Waals surface area contributed by atoms with Crippen molar-refractivity contribution in [1.29, 1.82) is 0 Å². The monoisotopic (exact) mass is 266 g/mol. The van der Waals surface area contributed by atoms with E-state index in [1.165, 1.54) is 18.3 Å². The topological polar surface area (TPSA) is 106 Å². The average Bonchev–Trinajstić information content (AvgIpc) is 2.37. The Bertz CT molecular complexity index is 470. The van der Waals surface area contributed by atoms with Crippen molar-refractivity contribution in [3.63, 3.8) is 0 Å². The minimum absolute atomic E-state index is 0.000309. The van der Waals surface area contributed by atoms with Crippen LogP contribution in [0.4, 0.5) is 5.69 Å². The number of ether oxygens (including phenoxy) is 1. The molecule has 0 atom stereocenters. The summed E-state index contributed by atoms with van der Waals surface area (Å²) in [5.41, 5.74) is 0.267. The predicted molar refractivity (Wildman–Crippen MR) is 65.7 cm³/mol. The van der Waals surface area contributed by atoms with Crippen LogP contribution in [0.1, 0.15) is 30.3 Å². The Kier molecular flexibility index (Phi) is 5.46. The summed E-state index contributed by atoms with van der Waals surface area (Å²) in [6.45, 7) is 1.97. The Morgan fingerprint density at radius 1 is 1.32 bits per heavy atom. The zero-order valence-corrected chi connectivity index (χ0v) is 10.4. The second-order valence-corrected chi connectivity index (χ2v) is 3.59. The number of aromatic nitrogens is 1. The van der Waals surface area contributed by atoms with E-state index < -0.39 is 11.9 Å². The van der Waals surface area contributed by atoms with E-state index in [9.17, 15) is 14.4 Å². The van der Waals surface area contributed by atoms with Gasteiger partial charge in [-0.05, 0) is 19.1 Å². The number of carboxylic acids is 1. The summed E-state index contributed by atoms with van der Waals surface area (Å²) in [7, 11) is 0. The largest absolute Gasteiger partial charge is 0.477 e. The van der Waals surface area contributed by atoms with Crippen LogP contribution in [0.15, 0.2) is 18.3 Å². The van der Waals surface area contributed by atoms with Crippen molar-refractivity contribution in [2.24, 2.45) is 0 Å². The van der Waals surface area contributed by atoms with Crippen LogP contribution in [-0.4, -0.2) is 34.5 Å². The van der Waals surface area contributed by atoms with Crippen LogP contribution in [0.2, 0.25) is 0 Å². The van der Waals surface area contributed by atoms with Gasteiger partial charge in [-0.15, -0.1) is 0 Å². The molecule has 1 aromatic heterocycles. The van der Waals surface area contributed by atoms with Gasteiger partial charge >= 0.3 is 11.9 Å². The molecule has 0 radical (unpaired) electrons. The Labute approximate surface area is 109 Å². The van der Waals surface area contributed by atoms with Gasteiger partial charge < -0.3 is 15.2 Å². The quantitative estimate of drug-likeness (QED) is 0.746. The first kappa shape index (κ1) is 14.6. The summed E-state index contributed by atoms with van der Waals surface area (Å²) in [6.07, 6.45) is 1.24. The molecule has 0 fully saturated rings. The van der Waals surface area contributed by atoms with Crippen LogP contribution in [0.25, 0.3) is 0 Å². The lowest BCUT2D eigenvalue weighted by molar-refractivity contribution is -0.144. The van der Waals surface area contributed by atoms with Gasteiger partial charge in [-0.3, -0.25) is 9.59 Å². The molecule has 7 nitrogen and oxygen atoms in total. The number of carboxylic acid groups (broad SMARTS) is 1. The summed E-state index contributed by atoms with van der Waals surface area (Å²) in [5.74, 6) is -1.94. The van der Waals surface area contributed by atoms with Crippen LogP contribution in [0, 0.1) is 0 Å². The Morgan fingerprint density at radius 2 is 2.05 bits per heavy atom. The van der Waals surface area contributed by atoms with Crippen molar-refractivity contribution in [1.82, 2.24) is 4.98 Å². The van der Waals surface area contributed by atoms with Crippen molar-refractivity contribution in [3.8, 4) is 0 Å². The molecule has 0 spiro atoms. The lowest BCUT2D eigenvalue weighted by atomic mass is 10.3. The van der Waals surface area contributed by atoms with Gasteiger partial charge in [0.25, 0.3) is 0 Å². The highest BCUT2D eigenvalue weighted by Crippen LogP contribution is 2.07. The molecular formula is C12H14N2O5. The van der Waals surface area contributed by atoms with Crippen LogP contribution in [0.5, 0.6) is 0 Å². The molecule has 2 N–H and O–H groups in total. The molecule has 1 amide bonds. The molecule has 0 aliphatic rings. The molecule has 19 heavy (non-hydrogen) atoms. The van der Waals surface area contributed by atoms with Gasteiger partial charge in [-0.2, -0.15) is 0 Å². The molecule has 1 heterocycles. The lowest BCUT2D eigenvalue weighted by Crippen LogP contribution is -2.15. The number of carbonyl (C=O) groups is 3. The highest BCUT2D eigenvalue weighted by molar-refractivity contribution is 5.93. The molecule has 0 aliphatic heterocycles. The Morgan fingerprint density at radius 3 is 2.58 bits per heavy atom. The van der Waals surface area contributed by atoms with Gasteiger partial charge in [0, 0.05) is 6.42 Å². The van der Waals surface area contributed by atoms with E-state index in [1.54, 1.807) is 6.92 Å². The van der Waals surface area contributed by atoms with E-state index in [0.717, 1.165) is 0 Å². The maximum absolute atomic E-state index is 11.5. The van der Waals surface area contributed by atoms with Gasteiger partial charge in [0.2, 0.25) is 5.91 Å². The Balaban J connectivity index is 2.44. The third-order valence-electron chi connectivity index (χ3n) is 2.13. The second-order valence-electron chi connectivity index (χ2n) is 3.59. The van der Waals surface area contributed by atoms with Gasteiger partial charge in [-0.1, -0.05) is 0 Å². The molecule has 0 saturated carbocycles. The second kappa shape index (κ2) is 7.10. The first-order valence-corrected chi connectivity index (χ1v) is 5.67. The van der Waals surface area contributed by atoms with Crippen LogP contribution in [-0.2, 0) is 14.3 Å². The maximum atomic E-state index is 11.5. The maximum Gasteiger partial charge on any atom is 0.354 e. The fourth-order valence-electron chi connectivity index (χ4n) is 1.27. The summed E-state index contributed by atoms with van der Waals surface area (Å²) < 4.78 is 4.69. The summed E-state index contributed by atoms with van der Waals surface area (Å²) in [6, 6.07) is 2.71. The molecule has 1 aromatic rings. The number of nitrogens with one attached hydrogen (secondary N) is 1. The molecule has 0 bridgehead atoms. The normalized spacial score (nSPS) is 9.74. The summed E-state index contributed by atoms with van der Waals surface area (Å²) in [4.78, 5) is 36.7. The van der Waals surface area contributed by atoms with Crippen LogP contribution < -0.4 is 5.32 Å². The number of aromatic carboxylic acids is 1. The zero-order chi connectivity index (χ0) is 14.3. The van der Waals surface area contributed by atoms with Gasteiger partial charge in [0.05, 0.1) is 24.9 Å². The molecule has 1 rings (SSSR count). The van der Waals surface area contributed by atoms with Crippen LogP contribution in [0.3, 0.4) is 0 Å². The minimum Gasteiger partial charge on any atom is -0.477 e. The van der Waals surface area contributed by atoms with Gasteiger partial charge in [-0.25, -0.2) is 9.78 Å². The number of carbonyl (C=O) groups excluding carboxylic acids is 2. The van der Waals surface area contributed by atoms with E-state index in [2.05, 4.69) is 15.0 Å². The number of pyridine rings is 1. The molecule has 0 unspecified atom stereocenters. The molecule has 7 heteroatoms. The number of hydrogen-bond donors (Lipinski definition) is 2. The third kappa shape index (κ3) is 5.15.